The van der Waals surface area contributed by atoms with Crippen LogP contribution < -0.4 is 10.2 Å². The summed E-state index contributed by atoms with van der Waals surface area (Å²) in [5, 5.41) is 12.2. The Bertz CT molecular complexity index is 938. The van der Waals surface area contributed by atoms with Crippen LogP contribution in [0, 0.1) is 0 Å². The van der Waals surface area contributed by atoms with Crippen LogP contribution >= 0.6 is 23.8 Å². The molecular formula is C19H15ClN2O3S. The summed E-state index contributed by atoms with van der Waals surface area (Å²) in [4.78, 5) is 26.4. The third-order valence-electron chi connectivity index (χ3n) is 3.99. The fourth-order valence-corrected chi connectivity index (χ4v) is 3.02. The number of aryl methyl sites for hydroxylation is 1. The molecule has 0 radical (unpaired) electrons. The number of nitrogens with zero attached hydrogens (tertiary/aromatic N) is 1. The van der Waals surface area contributed by atoms with Crippen LogP contribution in [0.25, 0.3) is 6.08 Å². The molecule has 0 bridgehead atoms. The van der Waals surface area contributed by atoms with E-state index in [0.717, 1.165) is 12.0 Å². The Morgan fingerprint density at radius 2 is 1.88 bits per heavy atom. The zero-order valence-electron chi connectivity index (χ0n) is 13.8. The number of phenolic OH excluding ortho intramolecular Hbond substituents is 1. The van der Waals surface area contributed by atoms with Crippen molar-refractivity contribution in [2.24, 2.45) is 0 Å². The number of anilines is 1. The van der Waals surface area contributed by atoms with Crippen molar-refractivity contribution in [3.8, 4) is 5.75 Å². The van der Waals surface area contributed by atoms with Crippen LogP contribution in [0.1, 0.15) is 18.1 Å². The van der Waals surface area contributed by atoms with E-state index in [2.05, 4.69) is 5.32 Å². The molecule has 2 aromatic carbocycles. The number of thiocarbonyl (C=S) groups is 1. The first kappa shape index (κ1) is 18.1. The summed E-state index contributed by atoms with van der Waals surface area (Å²) in [7, 11) is 0. The number of carbonyl (C=O) groups is 2. The average molecular weight is 387 g/mol. The Labute approximate surface area is 160 Å². The van der Waals surface area contributed by atoms with Gasteiger partial charge in [0.1, 0.15) is 11.3 Å². The van der Waals surface area contributed by atoms with E-state index in [1.54, 1.807) is 18.2 Å². The molecule has 1 heterocycles. The van der Waals surface area contributed by atoms with Crippen molar-refractivity contribution < 1.29 is 14.7 Å². The molecule has 1 fully saturated rings. The number of benzene rings is 2. The van der Waals surface area contributed by atoms with Gasteiger partial charge < -0.3 is 5.11 Å². The van der Waals surface area contributed by atoms with Crippen LogP contribution in [0.3, 0.4) is 0 Å². The van der Waals surface area contributed by atoms with Crippen molar-refractivity contribution in [2.45, 2.75) is 13.3 Å². The summed E-state index contributed by atoms with van der Waals surface area (Å²) < 4.78 is 0. The van der Waals surface area contributed by atoms with Gasteiger partial charge in [-0.15, -0.1) is 0 Å². The summed E-state index contributed by atoms with van der Waals surface area (Å²) in [6.07, 6.45) is 2.29. The molecule has 1 aliphatic heterocycles. The molecule has 1 saturated heterocycles. The number of aromatic hydroxyl groups is 1. The third-order valence-corrected chi connectivity index (χ3v) is 4.57. The minimum atomic E-state index is -0.578. The maximum Gasteiger partial charge on any atom is 0.270 e. The van der Waals surface area contributed by atoms with E-state index in [4.69, 9.17) is 23.8 Å². The first-order valence-corrected chi connectivity index (χ1v) is 8.68. The van der Waals surface area contributed by atoms with E-state index in [1.807, 2.05) is 19.1 Å². The van der Waals surface area contributed by atoms with Crippen molar-refractivity contribution in [1.29, 1.82) is 0 Å². The fraction of sp³-hybridized carbons (Fsp3) is 0.105. The molecule has 0 atom stereocenters. The topological polar surface area (TPSA) is 69.6 Å². The molecule has 2 aromatic rings. The van der Waals surface area contributed by atoms with Crippen molar-refractivity contribution in [3.63, 3.8) is 0 Å². The molecule has 26 heavy (non-hydrogen) atoms. The molecule has 7 heteroatoms. The summed E-state index contributed by atoms with van der Waals surface area (Å²) in [6.45, 7) is 2.04. The smallest absolute Gasteiger partial charge is 0.270 e. The predicted molar refractivity (Wildman–Crippen MR) is 105 cm³/mol. The van der Waals surface area contributed by atoms with Crippen LogP contribution in [0.15, 0.2) is 48.0 Å². The van der Waals surface area contributed by atoms with Gasteiger partial charge in [-0.05, 0) is 60.1 Å². The number of nitrogens with one attached hydrogen (secondary N) is 1. The lowest BCUT2D eigenvalue weighted by Crippen LogP contribution is -2.54. The zero-order valence-corrected chi connectivity index (χ0v) is 15.4. The van der Waals surface area contributed by atoms with Gasteiger partial charge in [0.2, 0.25) is 0 Å². The number of amides is 2. The summed E-state index contributed by atoms with van der Waals surface area (Å²) in [5.74, 6) is -1.18. The number of hydrogen-bond acceptors (Lipinski definition) is 4. The van der Waals surface area contributed by atoms with Crippen LogP contribution in [0.4, 0.5) is 5.69 Å². The predicted octanol–water partition coefficient (Wildman–Crippen LogP) is 3.44. The minimum absolute atomic E-state index is 0.0325. The van der Waals surface area contributed by atoms with E-state index in [0.29, 0.717) is 11.3 Å². The fourth-order valence-electron chi connectivity index (χ4n) is 2.55. The Morgan fingerprint density at radius 3 is 2.50 bits per heavy atom. The Balaban J connectivity index is 1.99. The van der Waals surface area contributed by atoms with Crippen LogP contribution in [-0.2, 0) is 16.0 Å². The molecule has 0 unspecified atom stereocenters. The van der Waals surface area contributed by atoms with E-state index in [-0.39, 0.29) is 21.5 Å². The van der Waals surface area contributed by atoms with E-state index in [1.165, 1.54) is 23.1 Å². The van der Waals surface area contributed by atoms with Gasteiger partial charge in [-0.3, -0.25) is 19.8 Å². The molecule has 0 saturated carbocycles. The summed E-state index contributed by atoms with van der Waals surface area (Å²) in [6, 6.07) is 11.8. The monoisotopic (exact) mass is 386 g/mol. The quantitative estimate of drug-likeness (QED) is 0.481. The molecule has 0 aliphatic carbocycles. The van der Waals surface area contributed by atoms with Gasteiger partial charge in [0.05, 0.1) is 10.7 Å². The zero-order chi connectivity index (χ0) is 18.8. The molecule has 2 amide bonds. The summed E-state index contributed by atoms with van der Waals surface area (Å²) in [5.41, 5.74) is 2.15. The van der Waals surface area contributed by atoms with Gasteiger partial charge in [0, 0.05) is 0 Å². The lowest BCUT2D eigenvalue weighted by Gasteiger charge is -2.29. The highest BCUT2D eigenvalue weighted by Crippen LogP contribution is 2.26. The summed E-state index contributed by atoms with van der Waals surface area (Å²) >= 11 is 11.1. The lowest BCUT2D eigenvalue weighted by molar-refractivity contribution is -0.122. The number of carbonyl (C=O) groups excluding carboxylic acids is 2. The van der Waals surface area contributed by atoms with Gasteiger partial charge in [0.15, 0.2) is 5.11 Å². The second-order valence-electron chi connectivity index (χ2n) is 5.69. The van der Waals surface area contributed by atoms with Crippen LogP contribution in [0.2, 0.25) is 5.02 Å². The van der Waals surface area contributed by atoms with E-state index < -0.39 is 11.8 Å². The van der Waals surface area contributed by atoms with E-state index in [9.17, 15) is 14.7 Å². The third kappa shape index (κ3) is 3.47. The van der Waals surface area contributed by atoms with Crippen molar-refractivity contribution in [2.75, 3.05) is 4.90 Å². The van der Waals surface area contributed by atoms with Crippen molar-refractivity contribution in [1.82, 2.24) is 5.32 Å². The molecule has 1 aliphatic rings. The number of halogens is 1. The molecule has 132 valence electrons. The second kappa shape index (κ2) is 7.27. The SMILES string of the molecule is CCc1ccc(N2C(=O)C(=Cc3ccc(O)c(Cl)c3)C(=O)NC2=S)cc1. The molecule has 2 N–H and O–H groups in total. The number of hydrogen-bond donors (Lipinski definition) is 2. The standard InChI is InChI=1S/C19H15ClN2O3S/c1-2-11-3-6-13(7-4-11)22-18(25)14(17(24)21-19(22)26)9-12-5-8-16(23)15(20)10-12/h3-10,23H,2H2,1H3,(H,21,24,26). The highest BCUT2D eigenvalue weighted by Gasteiger charge is 2.34. The molecule has 0 spiro atoms. The molecule has 5 nitrogen and oxygen atoms in total. The van der Waals surface area contributed by atoms with Gasteiger partial charge in [-0.2, -0.15) is 0 Å². The second-order valence-corrected chi connectivity index (χ2v) is 6.48. The highest BCUT2D eigenvalue weighted by atomic mass is 35.5. The Hall–Kier alpha value is -2.70. The van der Waals surface area contributed by atoms with Gasteiger partial charge in [-0.1, -0.05) is 36.7 Å². The molecule has 0 aromatic heterocycles. The van der Waals surface area contributed by atoms with E-state index >= 15 is 0 Å². The minimum Gasteiger partial charge on any atom is -0.506 e. The van der Waals surface area contributed by atoms with Gasteiger partial charge in [0.25, 0.3) is 11.8 Å². The first-order chi connectivity index (χ1) is 12.4. The van der Waals surface area contributed by atoms with Crippen molar-refractivity contribution in [3.05, 3.63) is 64.2 Å². The molecular weight excluding hydrogens is 372 g/mol. The van der Waals surface area contributed by atoms with Gasteiger partial charge in [-0.25, -0.2) is 0 Å². The lowest BCUT2D eigenvalue weighted by atomic mass is 10.1. The first-order valence-electron chi connectivity index (χ1n) is 7.89. The largest absolute Gasteiger partial charge is 0.506 e. The normalized spacial score (nSPS) is 16.2. The number of rotatable bonds is 3. The Kier molecular flexibility index (Phi) is 5.06. The average Bonchev–Trinajstić information content (AvgIpc) is 2.62. The van der Waals surface area contributed by atoms with Crippen molar-refractivity contribution >= 4 is 52.5 Å². The highest BCUT2D eigenvalue weighted by molar-refractivity contribution is 7.80. The maximum absolute atomic E-state index is 12.9. The van der Waals surface area contributed by atoms with Crippen LogP contribution in [-0.4, -0.2) is 22.0 Å². The van der Waals surface area contributed by atoms with Crippen LogP contribution in [0.5, 0.6) is 5.75 Å². The molecule has 3 rings (SSSR count). The Morgan fingerprint density at radius 1 is 1.19 bits per heavy atom. The number of phenols is 1. The maximum atomic E-state index is 12.9. The van der Waals surface area contributed by atoms with Gasteiger partial charge >= 0.3 is 0 Å².